The van der Waals surface area contributed by atoms with Crippen LogP contribution in [0, 0.1) is 6.92 Å². The van der Waals surface area contributed by atoms with Gasteiger partial charge in [-0.3, -0.25) is 4.98 Å². The summed E-state index contributed by atoms with van der Waals surface area (Å²) >= 11 is 0. The van der Waals surface area contributed by atoms with Crippen LogP contribution in [0.3, 0.4) is 0 Å². The van der Waals surface area contributed by atoms with E-state index in [0.717, 1.165) is 5.69 Å². The minimum atomic E-state index is -4.72. The summed E-state index contributed by atoms with van der Waals surface area (Å²) in [7, 11) is 0. The number of benzene rings is 1. The van der Waals surface area contributed by atoms with Crippen LogP contribution in [0.5, 0.6) is 11.5 Å². The smallest absolute Gasteiger partial charge is 0.438 e. The maximum absolute atomic E-state index is 12.2. The van der Waals surface area contributed by atoms with E-state index in [1.54, 1.807) is 19.2 Å². The molecule has 0 radical (unpaired) electrons. The summed E-state index contributed by atoms with van der Waals surface area (Å²) in [5.74, 6) is 0.607. The number of pyridine rings is 1. The molecule has 0 aliphatic carbocycles. The Balaban J connectivity index is 1.66. The highest BCUT2D eigenvalue weighted by Gasteiger charge is 2.38. The first-order valence-corrected chi connectivity index (χ1v) is 7.45. The van der Waals surface area contributed by atoms with Gasteiger partial charge in [0, 0.05) is 5.69 Å². The topological polar surface area (TPSA) is 52.9 Å². The van der Waals surface area contributed by atoms with Gasteiger partial charge in [-0.05, 0) is 43.7 Å². The van der Waals surface area contributed by atoms with Gasteiger partial charge in [0.2, 0.25) is 5.90 Å². The highest BCUT2D eigenvalue weighted by atomic mass is 19.4. The van der Waals surface area contributed by atoms with Gasteiger partial charge < -0.3 is 14.3 Å². The average molecular weight is 352 g/mol. The van der Waals surface area contributed by atoms with E-state index < -0.39 is 12.0 Å². The van der Waals surface area contributed by atoms with Crippen molar-refractivity contribution in [2.45, 2.75) is 32.2 Å². The van der Waals surface area contributed by atoms with E-state index in [9.17, 15) is 13.2 Å². The zero-order valence-electron chi connectivity index (χ0n) is 13.5. The number of ether oxygens (including phenoxy) is 2. The Kier molecular flexibility index (Phi) is 4.28. The van der Waals surface area contributed by atoms with Crippen LogP contribution in [0.2, 0.25) is 0 Å². The Morgan fingerprint density at radius 3 is 2.36 bits per heavy atom. The summed E-state index contributed by atoms with van der Waals surface area (Å²) in [4.78, 5) is 9.58. The molecule has 1 aliphatic rings. The van der Waals surface area contributed by atoms with E-state index in [2.05, 4.69) is 14.9 Å². The van der Waals surface area contributed by atoms with Crippen molar-refractivity contribution in [2.75, 3.05) is 0 Å². The zero-order chi connectivity index (χ0) is 18.1. The number of hydrogen-bond donors (Lipinski definition) is 0. The standard InChI is InChI=1S/C17H15F3N2O3/c1-11-3-6-14(10-21-11)23-15-9-16(2,25-22-15)12-4-7-13(8-5-12)24-17(18,19)20/h3-8,10H,9H2,1-2H3/t16-/m0/s1. The molecule has 8 heteroatoms. The lowest BCUT2D eigenvalue weighted by molar-refractivity contribution is -0.274. The summed E-state index contributed by atoms with van der Waals surface area (Å²) in [5.41, 5.74) is 0.693. The second-order valence-electron chi connectivity index (χ2n) is 5.79. The predicted octanol–water partition coefficient (Wildman–Crippen LogP) is 4.32. The molecule has 3 rings (SSSR count). The normalized spacial score (nSPS) is 20.0. The molecule has 0 bridgehead atoms. The minimum Gasteiger partial charge on any atom is -0.438 e. The summed E-state index contributed by atoms with van der Waals surface area (Å²) in [6, 6.07) is 9.06. The Bertz CT molecular complexity index is 773. The van der Waals surface area contributed by atoms with Crippen molar-refractivity contribution in [3.05, 3.63) is 53.9 Å². The van der Waals surface area contributed by atoms with Gasteiger partial charge in [0.05, 0.1) is 12.6 Å². The van der Waals surface area contributed by atoms with E-state index in [0.29, 0.717) is 23.6 Å². The highest BCUT2D eigenvalue weighted by molar-refractivity contribution is 5.80. The maximum atomic E-state index is 12.2. The molecule has 1 atom stereocenters. The highest BCUT2D eigenvalue weighted by Crippen LogP contribution is 2.36. The van der Waals surface area contributed by atoms with Gasteiger partial charge in [-0.25, -0.2) is 0 Å². The van der Waals surface area contributed by atoms with E-state index in [1.165, 1.54) is 24.3 Å². The number of aromatic nitrogens is 1. The van der Waals surface area contributed by atoms with Crippen LogP contribution < -0.4 is 9.47 Å². The molecule has 5 nitrogen and oxygen atoms in total. The van der Waals surface area contributed by atoms with Crippen LogP contribution in [0.25, 0.3) is 0 Å². The Hall–Kier alpha value is -2.77. The number of aryl methyl sites for hydroxylation is 1. The van der Waals surface area contributed by atoms with Gasteiger partial charge in [0.1, 0.15) is 11.5 Å². The molecule has 1 aromatic heterocycles. The van der Waals surface area contributed by atoms with Crippen molar-refractivity contribution in [2.24, 2.45) is 5.16 Å². The molecule has 1 aromatic carbocycles. The van der Waals surface area contributed by atoms with E-state index in [-0.39, 0.29) is 5.75 Å². The molecular formula is C17H15F3N2O3. The third-order valence-electron chi connectivity index (χ3n) is 3.66. The molecule has 0 spiro atoms. The Labute approximate surface area is 142 Å². The summed E-state index contributed by atoms with van der Waals surface area (Å²) < 4.78 is 46.1. The molecule has 0 saturated carbocycles. The first-order valence-electron chi connectivity index (χ1n) is 7.45. The van der Waals surface area contributed by atoms with Crippen molar-refractivity contribution in [3.8, 4) is 11.5 Å². The quantitative estimate of drug-likeness (QED) is 0.826. The average Bonchev–Trinajstić information content (AvgIpc) is 2.91. The lowest BCUT2D eigenvalue weighted by atomic mass is 9.93. The van der Waals surface area contributed by atoms with Crippen LogP contribution >= 0.6 is 0 Å². The number of nitrogens with zero attached hydrogens (tertiary/aromatic N) is 2. The van der Waals surface area contributed by atoms with Crippen LogP contribution in [0.15, 0.2) is 47.8 Å². The largest absolute Gasteiger partial charge is 0.573 e. The van der Waals surface area contributed by atoms with Crippen LogP contribution in [0.4, 0.5) is 13.2 Å². The van der Waals surface area contributed by atoms with Gasteiger partial charge in [-0.2, -0.15) is 0 Å². The number of alkyl halides is 3. The first kappa shape index (κ1) is 17.1. The van der Waals surface area contributed by atoms with Crippen LogP contribution in [0.1, 0.15) is 24.6 Å². The summed E-state index contributed by atoms with van der Waals surface area (Å²) in [6.07, 6.45) is -2.81. The summed E-state index contributed by atoms with van der Waals surface area (Å²) in [6.45, 7) is 3.64. The minimum absolute atomic E-state index is 0.291. The van der Waals surface area contributed by atoms with Gasteiger partial charge in [-0.1, -0.05) is 17.3 Å². The first-order chi connectivity index (χ1) is 11.7. The number of oxime groups is 1. The molecule has 0 N–H and O–H groups in total. The lowest BCUT2D eigenvalue weighted by Gasteiger charge is -2.21. The second-order valence-corrected chi connectivity index (χ2v) is 5.79. The van der Waals surface area contributed by atoms with E-state index >= 15 is 0 Å². The lowest BCUT2D eigenvalue weighted by Crippen LogP contribution is -2.23. The fourth-order valence-corrected chi connectivity index (χ4v) is 2.37. The van der Waals surface area contributed by atoms with Gasteiger partial charge in [0.15, 0.2) is 5.60 Å². The van der Waals surface area contributed by atoms with Crippen molar-refractivity contribution in [1.29, 1.82) is 0 Å². The Morgan fingerprint density at radius 1 is 1.08 bits per heavy atom. The van der Waals surface area contributed by atoms with Crippen LogP contribution in [-0.2, 0) is 10.4 Å². The molecule has 0 unspecified atom stereocenters. The van der Waals surface area contributed by atoms with Crippen molar-refractivity contribution < 1.29 is 27.5 Å². The predicted molar refractivity (Wildman–Crippen MR) is 83.2 cm³/mol. The molecule has 2 heterocycles. The fraction of sp³-hybridized carbons (Fsp3) is 0.294. The number of rotatable bonds is 3. The molecule has 0 amide bonds. The monoisotopic (exact) mass is 352 g/mol. The van der Waals surface area contributed by atoms with Crippen molar-refractivity contribution >= 4 is 5.90 Å². The summed E-state index contributed by atoms with van der Waals surface area (Å²) in [5, 5.41) is 3.92. The fourth-order valence-electron chi connectivity index (χ4n) is 2.37. The molecule has 1 aliphatic heterocycles. The van der Waals surface area contributed by atoms with Crippen molar-refractivity contribution in [3.63, 3.8) is 0 Å². The van der Waals surface area contributed by atoms with Gasteiger partial charge >= 0.3 is 6.36 Å². The van der Waals surface area contributed by atoms with Crippen LogP contribution in [-0.4, -0.2) is 17.2 Å². The zero-order valence-corrected chi connectivity index (χ0v) is 13.5. The number of halogens is 3. The number of hydrogen-bond acceptors (Lipinski definition) is 5. The molecule has 132 valence electrons. The second kappa shape index (κ2) is 6.27. The third kappa shape index (κ3) is 4.20. The van der Waals surface area contributed by atoms with Gasteiger partial charge in [0.25, 0.3) is 0 Å². The molecular weight excluding hydrogens is 337 g/mol. The molecule has 0 fully saturated rings. The van der Waals surface area contributed by atoms with E-state index in [1.807, 2.05) is 13.0 Å². The Morgan fingerprint density at radius 2 is 1.76 bits per heavy atom. The van der Waals surface area contributed by atoms with Gasteiger partial charge in [-0.15, -0.1) is 13.2 Å². The van der Waals surface area contributed by atoms with E-state index in [4.69, 9.17) is 9.57 Å². The molecule has 2 aromatic rings. The maximum Gasteiger partial charge on any atom is 0.573 e. The van der Waals surface area contributed by atoms with Crippen molar-refractivity contribution in [1.82, 2.24) is 4.98 Å². The third-order valence-corrected chi connectivity index (χ3v) is 3.66. The molecule has 25 heavy (non-hydrogen) atoms. The SMILES string of the molecule is Cc1ccc(OC2=NO[C@](C)(c3ccc(OC(F)(F)F)cc3)C2)cn1. The molecule has 0 saturated heterocycles.